The number of hydrogen-bond donors (Lipinski definition) is 1. The number of pyridine rings is 1. The maximum atomic E-state index is 12.3. The maximum absolute atomic E-state index is 12.3. The minimum atomic E-state index is -1.03. The number of carbonyl (C=O) groups excluding carboxylic acids is 2. The van der Waals surface area contributed by atoms with E-state index < -0.39 is 11.7 Å². The summed E-state index contributed by atoms with van der Waals surface area (Å²) >= 11 is 6.70. The zero-order valence-corrected chi connectivity index (χ0v) is 18.1. The Balaban J connectivity index is 1.68. The molecule has 0 aliphatic carbocycles. The van der Waals surface area contributed by atoms with Gasteiger partial charge < -0.3 is 10.6 Å². The molecule has 0 atom stereocenters. The second-order valence-corrected chi connectivity index (χ2v) is 8.27. The number of fused-ring (bicyclic) bond motifs is 2. The Hall–Kier alpha value is -3.71. The number of aromatic nitrogens is 3. The Morgan fingerprint density at radius 2 is 1.97 bits per heavy atom. The van der Waals surface area contributed by atoms with Crippen molar-refractivity contribution in [2.45, 2.75) is 12.8 Å². The van der Waals surface area contributed by atoms with Gasteiger partial charge in [0.25, 0.3) is 11.7 Å². The van der Waals surface area contributed by atoms with Crippen molar-refractivity contribution in [1.82, 2.24) is 14.8 Å². The van der Waals surface area contributed by atoms with Crippen LogP contribution in [0.15, 0.2) is 54.9 Å². The lowest BCUT2D eigenvalue weighted by Gasteiger charge is -2.32. The molecular weight excluding hydrogens is 426 g/mol. The third kappa shape index (κ3) is 3.40. The Bertz CT molecular complexity index is 1390. The molecule has 2 N–H and O–H groups in total. The van der Waals surface area contributed by atoms with E-state index in [0.717, 1.165) is 46.0 Å². The molecular formula is C24H20ClN5O2. The third-order valence-corrected chi connectivity index (χ3v) is 6.05. The van der Waals surface area contributed by atoms with Crippen LogP contribution in [0.4, 0.5) is 11.5 Å². The first-order valence-electron chi connectivity index (χ1n) is 10.3. The fraction of sp³-hybridized carbons (Fsp3) is 0.167. The van der Waals surface area contributed by atoms with Crippen LogP contribution in [-0.4, -0.2) is 33.0 Å². The number of ketones is 1. The number of nitrogens with zero attached hydrogens (tertiary/aromatic N) is 4. The molecule has 0 spiro atoms. The summed E-state index contributed by atoms with van der Waals surface area (Å²) in [5.74, 6) is -1.22. The summed E-state index contributed by atoms with van der Waals surface area (Å²) < 4.78 is 1.74. The first-order chi connectivity index (χ1) is 15.4. The van der Waals surface area contributed by atoms with E-state index in [-0.39, 0.29) is 5.69 Å². The van der Waals surface area contributed by atoms with Gasteiger partial charge in [-0.1, -0.05) is 35.9 Å². The lowest BCUT2D eigenvalue weighted by atomic mass is 9.96. The van der Waals surface area contributed by atoms with Crippen LogP contribution in [-0.2, 0) is 18.3 Å². The van der Waals surface area contributed by atoms with Crippen molar-refractivity contribution in [3.63, 3.8) is 0 Å². The maximum Gasteiger partial charge on any atom is 0.291 e. The number of amides is 1. The average molecular weight is 446 g/mol. The zero-order valence-electron chi connectivity index (χ0n) is 17.4. The number of halogens is 1. The number of benzene rings is 2. The van der Waals surface area contributed by atoms with Crippen LogP contribution >= 0.6 is 11.6 Å². The lowest BCUT2D eigenvalue weighted by Crippen LogP contribution is -2.28. The molecule has 1 aliphatic heterocycles. The summed E-state index contributed by atoms with van der Waals surface area (Å²) in [6.07, 6.45) is 5.53. The van der Waals surface area contributed by atoms with Crippen LogP contribution in [0.25, 0.3) is 21.9 Å². The Morgan fingerprint density at radius 1 is 1.16 bits per heavy atom. The summed E-state index contributed by atoms with van der Waals surface area (Å²) in [4.78, 5) is 30.5. The number of nitrogens with two attached hydrogens (primary N) is 1. The van der Waals surface area contributed by atoms with Gasteiger partial charge >= 0.3 is 0 Å². The van der Waals surface area contributed by atoms with E-state index in [1.54, 1.807) is 16.9 Å². The molecule has 0 unspecified atom stereocenters. The van der Waals surface area contributed by atoms with Crippen molar-refractivity contribution >= 4 is 45.6 Å². The number of aryl methyl sites for hydroxylation is 2. The summed E-state index contributed by atoms with van der Waals surface area (Å²) in [6.45, 7) is 0.709. The minimum Gasteiger partial charge on any atom is -0.363 e. The van der Waals surface area contributed by atoms with E-state index in [9.17, 15) is 9.59 Å². The smallest absolute Gasteiger partial charge is 0.291 e. The molecule has 160 valence electrons. The Kier molecular flexibility index (Phi) is 4.90. The highest BCUT2D eigenvalue weighted by atomic mass is 35.5. The molecule has 0 saturated carbocycles. The van der Waals surface area contributed by atoms with Crippen molar-refractivity contribution in [2.24, 2.45) is 12.8 Å². The highest BCUT2D eigenvalue weighted by molar-refractivity contribution is 6.42. The normalized spacial score (nSPS) is 13.2. The topological polar surface area (TPSA) is 94.1 Å². The van der Waals surface area contributed by atoms with Crippen molar-refractivity contribution < 1.29 is 9.59 Å². The molecule has 1 aliphatic rings. The van der Waals surface area contributed by atoms with Gasteiger partial charge in [-0.25, -0.2) is 4.98 Å². The van der Waals surface area contributed by atoms with Gasteiger partial charge in [0, 0.05) is 42.0 Å². The molecule has 2 aromatic heterocycles. The highest BCUT2D eigenvalue weighted by Gasteiger charge is 2.25. The number of anilines is 2. The first kappa shape index (κ1) is 20.2. The number of primary amides is 1. The van der Waals surface area contributed by atoms with Crippen LogP contribution in [0.3, 0.4) is 0 Å². The monoisotopic (exact) mass is 445 g/mol. The standard InChI is InChI=1S/C24H20ClN5O2/c1-29-13-16(12-27-29)18-9-15-6-4-8-30(21(15)11-19(18)25)24-17-7-3-2-5-14(17)10-20(28-24)22(31)23(26)32/h2-3,5,7,9-13H,4,6,8H2,1H3,(H2,26,32). The predicted molar refractivity (Wildman–Crippen MR) is 124 cm³/mol. The molecule has 5 rings (SSSR count). The van der Waals surface area contributed by atoms with Crippen molar-refractivity contribution in [2.75, 3.05) is 11.4 Å². The van der Waals surface area contributed by atoms with Crippen LogP contribution in [0, 0.1) is 0 Å². The average Bonchev–Trinajstić information content (AvgIpc) is 3.23. The number of hydrogen-bond acceptors (Lipinski definition) is 5. The van der Waals surface area contributed by atoms with E-state index >= 15 is 0 Å². The highest BCUT2D eigenvalue weighted by Crippen LogP contribution is 2.41. The largest absolute Gasteiger partial charge is 0.363 e. The number of carbonyl (C=O) groups is 2. The summed E-state index contributed by atoms with van der Waals surface area (Å²) in [5.41, 5.74) is 9.24. The van der Waals surface area contributed by atoms with Gasteiger partial charge in [0.2, 0.25) is 0 Å². The predicted octanol–water partition coefficient (Wildman–Crippen LogP) is 4.04. The molecule has 0 saturated heterocycles. The minimum absolute atomic E-state index is 0.0383. The van der Waals surface area contributed by atoms with Crippen molar-refractivity contribution in [1.29, 1.82) is 0 Å². The van der Waals surface area contributed by atoms with Gasteiger partial charge in [0.1, 0.15) is 11.5 Å². The summed E-state index contributed by atoms with van der Waals surface area (Å²) in [7, 11) is 1.87. The van der Waals surface area contributed by atoms with E-state index in [4.69, 9.17) is 17.3 Å². The van der Waals surface area contributed by atoms with Gasteiger partial charge in [0.15, 0.2) is 0 Å². The van der Waals surface area contributed by atoms with Crippen molar-refractivity contribution in [3.8, 4) is 11.1 Å². The van der Waals surface area contributed by atoms with Gasteiger partial charge in [-0.2, -0.15) is 5.10 Å². The number of rotatable bonds is 4. The van der Waals surface area contributed by atoms with E-state index in [1.165, 1.54) is 0 Å². The Morgan fingerprint density at radius 3 is 2.72 bits per heavy atom. The van der Waals surface area contributed by atoms with Crippen LogP contribution in [0.5, 0.6) is 0 Å². The molecule has 0 fully saturated rings. The van der Waals surface area contributed by atoms with Crippen LogP contribution < -0.4 is 10.6 Å². The molecule has 3 heterocycles. The second-order valence-electron chi connectivity index (χ2n) is 7.86. The first-order valence-corrected chi connectivity index (χ1v) is 10.6. The van der Waals surface area contributed by atoms with Gasteiger partial charge in [-0.05, 0) is 42.0 Å². The fourth-order valence-corrected chi connectivity index (χ4v) is 4.50. The SMILES string of the molecule is Cn1cc(-c2cc3c(cc2Cl)N(c2nc(C(=O)C(N)=O)cc4ccccc24)CCC3)cn1. The molecule has 4 aromatic rings. The number of Topliss-reactive ketones (excluding diaryl/α,β-unsaturated/α-hetero) is 1. The molecule has 0 radical (unpaired) electrons. The lowest BCUT2D eigenvalue weighted by molar-refractivity contribution is -0.114. The fourth-order valence-electron chi connectivity index (χ4n) is 4.24. The summed E-state index contributed by atoms with van der Waals surface area (Å²) in [5, 5.41) is 6.56. The third-order valence-electron chi connectivity index (χ3n) is 5.74. The van der Waals surface area contributed by atoms with E-state index in [1.807, 2.05) is 43.6 Å². The molecule has 2 aromatic carbocycles. The molecule has 8 heteroatoms. The molecule has 32 heavy (non-hydrogen) atoms. The van der Waals surface area contributed by atoms with Gasteiger partial charge in [0.05, 0.1) is 11.2 Å². The zero-order chi connectivity index (χ0) is 22.4. The van der Waals surface area contributed by atoms with Crippen molar-refractivity contribution in [3.05, 3.63) is 71.1 Å². The quantitative estimate of drug-likeness (QED) is 0.378. The van der Waals surface area contributed by atoms with Gasteiger partial charge in [-0.15, -0.1) is 0 Å². The van der Waals surface area contributed by atoms with Gasteiger partial charge in [-0.3, -0.25) is 14.3 Å². The van der Waals surface area contributed by atoms with E-state index in [0.29, 0.717) is 17.4 Å². The Labute approximate surface area is 189 Å². The summed E-state index contributed by atoms with van der Waals surface area (Å²) in [6, 6.07) is 13.3. The molecule has 7 nitrogen and oxygen atoms in total. The molecule has 1 amide bonds. The molecule has 0 bridgehead atoms. The van der Waals surface area contributed by atoms with Crippen LogP contribution in [0.2, 0.25) is 5.02 Å². The second kappa shape index (κ2) is 7.76. The van der Waals surface area contributed by atoms with Crippen LogP contribution in [0.1, 0.15) is 22.5 Å². The van der Waals surface area contributed by atoms with E-state index in [2.05, 4.69) is 21.0 Å².